The summed E-state index contributed by atoms with van der Waals surface area (Å²) in [6.45, 7) is 2.06. The van der Waals surface area contributed by atoms with E-state index >= 15 is 0 Å². The molecule has 0 aromatic carbocycles. The predicted octanol–water partition coefficient (Wildman–Crippen LogP) is 1.34. The van der Waals surface area contributed by atoms with Crippen molar-refractivity contribution in [2.45, 2.75) is 19.5 Å². The van der Waals surface area contributed by atoms with Gasteiger partial charge in [0, 0.05) is 19.4 Å². The Bertz CT molecular complexity index is 598. The van der Waals surface area contributed by atoms with Crippen LogP contribution in [-0.2, 0) is 11.3 Å². The van der Waals surface area contributed by atoms with Gasteiger partial charge in [-0.1, -0.05) is 0 Å². The molecule has 2 heterocycles. The maximum absolute atomic E-state index is 13.1. The molecule has 1 unspecified atom stereocenters. The highest BCUT2D eigenvalue weighted by Crippen LogP contribution is 2.18. The van der Waals surface area contributed by atoms with E-state index in [-0.39, 0.29) is 24.3 Å². The number of nitrogens with zero attached hydrogens (tertiary/aromatic N) is 3. The Morgan fingerprint density at radius 3 is 2.95 bits per heavy atom. The van der Waals surface area contributed by atoms with Crippen LogP contribution in [0, 0.1) is 5.82 Å². The second-order valence-corrected chi connectivity index (χ2v) is 4.40. The average molecular weight is 277 g/mol. The Morgan fingerprint density at radius 2 is 2.25 bits per heavy atom. The molecule has 2 aromatic rings. The molecule has 0 aliphatic rings. The second kappa shape index (κ2) is 6.14. The lowest BCUT2D eigenvalue weighted by molar-refractivity contribution is -0.121. The van der Waals surface area contributed by atoms with Crippen LogP contribution in [-0.4, -0.2) is 27.7 Å². The van der Waals surface area contributed by atoms with Crippen molar-refractivity contribution in [1.29, 1.82) is 0 Å². The number of hydrogen-bond donors (Lipinski definition) is 2. The van der Waals surface area contributed by atoms with Gasteiger partial charge in [-0.15, -0.1) is 0 Å². The molecule has 0 bridgehead atoms. The summed E-state index contributed by atoms with van der Waals surface area (Å²) in [4.78, 5) is 15.0. The molecule has 0 aliphatic carbocycles. The van der Waals surface area contributed by atoms with Crippen molar-refractivity contribution in [1.82, 2.24) is 20.1 Å². The summed E-state index contributed by atoms with van der Waals surface area (Å²) in [5, 5.41) is 9.77. The first-order chi connectivity index (χ1) is 9.58. The fourth-order valence-electron chi connectivity index (χ4n) is 1.75. The minimum atomic E-state index is -0.369. The molecule has 0 fully saturated rings. The predicted molar refractivity (Wildman–Crippen MR) is 72.5 cm³/mol. The summed E-state index contributed by atoms with van der Waals surface area (Å²) in [5.74, 6) is -0.492. The van der Waals surface area contributed by atoms with Crippen LogP contribution in [0.3, 0.4) is 0 Å². The van der Waals surface area contributed by atoms with E-state index in [4.69, 9.17) is 0 Å². The molecular formula is C13H16FN5O. The van der Waals surface area contributed by atoms with Gasteiger partial charge < -0.3 is 10.6 Å². The topological polar surface area (TPSA) is 71.8 Å². The lowest BCUT2D eigenvalue weighted by atomic mass is 10.1. The summed E-state index contributed by atoms with van der Waals surface area (Å²) in [6.07, 6.45) is 6.11. The third kappa shape index (κ3) is 3.53. The van der Waals surface area contributed by atoms with Crippen molar-refractivity contribution < 1.29 is 9.18 Å². The van der Waals surface area contributed by atoms with Gasteiger partial charge in [0.2, 0.25) is 5.91 Å². The largest absolute Gasteiger partial charge is 0.376 e. The maximum Gasteiger partial charge on any atom is 0.241 e. The van der Waals surface area contributed by atoms with Gasteiger partial charge in [-0.05, 0) is 18.6 Å². The number of likely N-dealkylation sites (N-methyl/N-ethyl adjacent to an activating group) is 1. The van der Waals surface area contributed by atoms with Crippen LogP contribution < -0.4 is 10.6 Å². The lowest BCUT2D eigenvalue weighted by Crippen LogP contribution is -2.23. The number of halogens is 1. The molecule has 106 valence electrons. The zero-order chi connectivity index (χ0) is 14.5. The van der Waals surface area contributed by atoms with E-state index in [2.05, 4.69) is 20.7 Å². The highest BCUT2D eigenvalue weighted by molar-refractivity contribution is 5.75. The van der Waals surface area contributed by atoms with E-state index in [1.54, 1.807) is 25.6 Å². The van der Waals surface area contributed by atoms with Gasteiger partial charge in [0.1, 0.15) is 12.4 Å². The number of anilines is 1. The smallest absolute Gasteiger partial charge is 0.241 e. The first-order valence-electron chi connectivity index (χ1n) is 6.18. The van der Waals surface area contributed by atoms with Crippen LogP contribution in [0.1, 0.15) is 18.5 Å². The zero-order valence-electron chi connectivity index (χ0n) is 11.3. The minimum Gasteiger partial charge on any atom is -0.376 e. The second-order valence-electron chi connectivity index (χ2n) is 4.40. The number of carbonyl (C=O) groups is 1. The Hall–Kier alpha value is -2.44. The minimum absolute atomic E-state index is 0.115. The quantitative estimate of drug-likeness (QED) is 0.865. The number of nitrogens with one attached hydrogen (secondary N) is 2. The third-order valence-electron chi connectivity index (χ3n) is 2.83. The van der Waals surface area contributed by atoms with E-state index in [0.717, 1.165) is 17.4 Å². The van der Waals surface area contributed by atoms with Crippen LogP contribution in [0.25, 0.3) is 0 Å². The monoisotopic (exact) mass is 277 g/mol. The summed E-state index contributed by atoms with van der Waals surface area (Å²) in [6, 6.07) is 1.32. The Balaban J connectivity index is 2.01. The van der Waals surface area contributed by atoms with Gasteiger partial charge in [0.25, 0.3) is 0 Å². The van der Waals surface area contributed by atoms with E-state index < -0.39 is 0 Å². The van der Waals surface area contributed by atoms with Crippen LogP contribution in [0.4, 0.5) is 10.1 Å². The van der Waals surface area contributed by atoms with Gasteiger partial charge in [0.05, 0.1) is 24.1 Å². The van der Waals surface area contributed by atoms with E-state index in [1.165, 1.54) is 10.7 Å². The molecule has 0 saturated carbocycles. The Kier molecular flexibility index (Phi) is 4.29. The fourth-order valence-corrected chi connectivity index (χ4v) is 1.75. The van der Waals surface area contributed by atoms with Crippen molar-refractivity contribution in [3.8, 4) is 0 Å². The van der Waals surface area contributed by atoms with Crippen molar-refractivity contribution >= 4 is 11.6 Å². The summed E-state index contributed by atoms with van der Waals surface area (Å²) in [7, 11) is 1.57. The fraction of sp³-hybridized carbons (Fsp3) is 0.308. The average Bonchev–Trinajstić information content (AvgIpc) is 2.85. The lowest BCUT2D eigenvalue weighted by Gasteiger charge is -2.13. The number of aromatic nitrogens is 3. The summed E-state index contributed by atoms with van der Waals surface area (Å²) < 4.78 is 14.6. The third-order valence-corrected chi connectivity index (χ3v) is 2.83. The van der Waals surface area contributed by atoms with Crippen molar-refractivity contribution in [2.75, 3.05) is 12.4 Å². The molecule has 2 aromatic heterocycles. The maximum atomic E-state index is 13.1. The summed E-state index contributed by atoms with van der Waals surface area (Å²) in [5.41, 5.74) is 1.50. The molecule has 0 aliphatic heterocycles. The molecule has 7 heteroatoms. The normalized spacial score (nSPS) is 11.9. The molecule has 20 heavy (non-hydrogen) atoms. The molecule has 0 radical (unpaired) electrons. The summed E-state index contributed by atoms with van der Waals surface area (Å²) >= 11 is 0. The van der Waals surface area contributed by atoms with Gasteiger partial charge in [-0.3, -0.25) is 14.5 Å². The molecule has 1 atom stereocenters. The van der Waals surface area contributed by atoms with E-state index in [1.807, 2.05) is 6.92 Å². The Morgan fingerprint density at radius 1 is 1.45 bits per heavy atom. The number of pyridine rings is 1. The van der Waals surface area contributed by atoms with Gasteiger partial charge in [-0.2, -0.15) is 5.10 Å². The van der Waals surface area contributed by atoms with Crippen LogP contribution >= 0.6 is 0 Å². The number of amides is 1. The molecule has 6 nitrogen and oxygen atoms in total. The standard InChI is InChI=1S/C13H16FN5O/c1-9(10-3-11(14)5-16-4-10)18-12-6-17-19(7-12)8-13(20)15-2/h3-7,9,18H,8H2,1-2H3,(H,15,20). The highest BCUT2D eigenvalue weighted by Gasteiger charge is 2.09. The molecule has 0 spiro atoms. The molecule has 2 rings (SSSR count). The van der Waals surface area contributed by atoms with Gasteiger partial charge >= 0.3 is 0 Å². The van der Waals surface area contributed by atoms with Crippen LogP contribution in [0.15, 0.2) is 30.9 Å². The molecule has 1 amide bonds. The first-order valence-corrected chi connectivity index (χ1v) is 6.18. The highest BCUT2D eigenvalue weighted by atomic mass is 19.1. The SMILES string of the molecule is CNC(=O)Cn1cc(NC(C)c2cncc(F)c2)cn1. The van der Waals surface area contributed by atoms with Crippen molar-refractivity contribution in [3.05, 3.63) is 42.2 Å². The van der Waals surface area contributed by atoms with Crippen molar-refractivity contribution in [3.63, 3.8) is 0 Å². The molecule has 0 saturated heterocycles. The van der Waals surface area contributed by atoms with Crippen LogP contribution in [0.2, 0.25) is 0 Å². The zero-order valence-corrected chi connectivity index (χ0v) is 11.3. The van der Waals surface area contributed by atoms with Crippen molar-refractivity contribution in [2.24, 2.45) is 0 Å². The van der Waals surface area contributed by atoms with Gasteiger partial charge in [0.15, 0.2) is 0 Å². The number of hydrogen-bond acceptors (Lipinski definition) is 4. The van der Waals surface area contributed by atoms with E-state index in [0.29, 0.717) is 0 Å². The van der Waals surface area contributed by atoms with Gasteiger partial charge in [-0.25, -0.2) is 4.39 Å². The Labute approximate surface area is 116 Å². The number of carbonyl (C=O) groups excluding carboxylic acids is 1. The first kappa shape index (κ1) is 14.0. The van der Waals surface area contributed by atoms with Crippen LogP contribution in [0.5, 0.6) is 0 Å². The molecular weight excluding hydrogens is 261 g/mol. The number of rotatable bonds is 5. The van der Waals surface area contributed by atoms with E-state index in [9.17, 15) is 9.18 Å². The molecule has 2 N–H and O–H groups in total.